The molecule has 0 radical (unpaired) electrons. The van der Waals surface area contributed by atoms with Crippen LogP contribution in [0, 0.1) is 5.92 Å². The molecule has 2 aliphatic heterocycles. The SMILES string of the molecule is O=C1c2ccccc2C(=O)N1CCN1CCC(CO)C1. The minimum absolute atomic E-state index is 0.191. The first-order valence-corrected chi connectivity index (χ1v) is 6.99. The molecule has 1 aromatic rings. The zero-order valence-electron chi connectivity index (χ0n) is 11.3. The summed E-state index contributed by atoms with van der Waals surface area (Å²) in [5.41, 5.74) is 1.01. The third kappa shape index (κ3) is 2.23. The van der Waals surface area contributed by atoms with Gasteiger partial charge in [0.25, 0.3) is 11.8 Å². The second-order valence-electron chi connectivity index (χ2n) is 5.45. The van der Waals surface area contributed by atoms with Gasteiger partial charge in [0.1, 0.15) is 0 Å². The highest BCUT2D eigenvalue weighted by molar-refractivity contribution is 6.21. The summed E-state index contributed by atoms with van der Waals surface area (Å²) >= 11 is 0. The van der Waals surface area contributed by atoms with Crippen LogP contribution in [-0.2, 0) is 0 Å². The molecule has 5 heteroatoms. The van der Waals surface area contributed by atoms with Crippen molar-refractivity contribution in [2.75, 3.05) is 32.8 Å². The first kappa shape index (κ1) is 13.3. The molecule has 5 nitrogen and oxygen atoms in total. The number of hydrogen-bond acceptors (Lipinski definition) is 4. The van der Waals surface area contributed by atoms with E-state index >= 15 is 0 Å². The van der Waals surface area contributed by atoms with E-state index in [1.165, 1.54) is 4.90 Å². The van der Waals surface area contributed by atoms with Crippen molar-refractivity contribution in [3.05, 3.63) is 35.4 Å². The normalized spacial score (nSPS) is 22.6. The van der Waals surface area contributed by atoms with Crippen molar-refractivity contribution in [3.63, 3.8) is 0 Å². The summed E-state index contributed by atoms with van der Waals surface area (Å²) in [4.78, 5) is 27.9. The lowest BCUT2D eigenvalue weighted by Gasteiger charge is -2.20. The summed E-state index contributed by atoms with van der Waals surface area (Å²) in [6, 6.07) is 6.96. The van der Waals surface area contributed by atoms with E-state index in [4.69, 9.17) is 5.11 Å². The van der Waals surface area contributed by atoms with E-state index in [2.05, 4.69) is 4.90 Å². The van der Waals surface area contributed by atoms with Crippen molar-refractivity contribution in [2.24, 2.45) is 5.92 Å². The van der Waals surface area contributed by atoms with Gasteiger partial charge in [0.15, 0.2) is 0 Å². The van der Waals surface area contributed by atoms with E-state index in [9.17, 15) is 9.59 Å². The summed E-state index contributed by atoms with van der Waals surface area (Å²) in [7, 11) is 0. The van der Waals surface area contributed by atoms with E-state index in [0.717, 1.165) is 19.5 Å². The summed E-state index contributed by atoms with van der Waals surface area (Å²) in [5.74, 6) is -0.0517. The highest BCUT2D eigenvalue weighted by Gasteiger charge is 2.35. The number of carbonyl (C=O) groups is 2. The van der Waals surface area contributed by atoms with Crippen LogP contribution in [0.1, 0.15) is 27.1 Å². The molecule has 2 aliphatic rings. The topological polar surface area (TPSA) is 60.9 Å². The smallest absolute Gasteiger partial charge is 0.261 e. The van der Waals surface area contributed by atoms with Crippen LogP contribution in [0.3, 0.4) is 0 Å². The Kier molecular flexibility index (Phi) is 3.54. The number of amides is 2. The fraction of sp³-hybridized carbons (Fsp3) is 0.467. The molecule has 2 heterocycles. The van der Waals surface area contributed by atoms with Crippen molar-refractivity contribution in [2.45, 2.75) is 6.42 Å². The maximum Gasteiger partial charge on any atom is 0.261 e. The molecule has 1 fully saturated rings. The number of imide groups is 1. The van der Waals surface area contributed by atoms with Crippen LogP contribution in [0.2, 0.25) is 0 Å². The van der Waals surface area contributed by atoms with Gasteiger partial charge in [0.2, 0.25) is 0 Å². The number of likely N-dealkylation sites (tertiary alicyclic amines) is 1. The summed E-state index contributed by atoms with van der Waals surface area (Å²) in [5, 5.41) is 9.12. The van der Waals surface area contributed by atoms with Crippen molar-refractivity contribution in [1.82, 2.24) is 9.80 Å². The monoisotopic (exact) mass is 274 g/mol. The lowest BCUT2D eigenvalue weighted by atomic mass is 10.1. The Morgan fingerprint density at radius 1 is 1.10 bits per heavy atom. The van der Waals surface area contributed by atoms with E-state index in [0.29, 0.717) is 30.1 Å². The Balaban J connectivity index is 1.63. The fourth-order valence-electron chi connectivity index (χ4n) is 2.95. The molecule has 1 unspecified atom stereocenters. The first-order valence-electron chi connectivity index (χ1n) is 6.99. The van der Waals surface area contributed by atoms with Crippen LogP contribution >= 0.6 is 0 Å². The molecule has 1 atom stereocenters. The Bertz CT molecular complexity index is 509. The fourth-order valence-corrected chi connectivity index (χ4v) is 2.95. The number of nitrogens with zero attached hydrogens (tertiary/aromatic N) is 2. The Labute approximate surface area is 117 Å². The predicted molar refractivity (Wildman–Crippen MR) is 73.4 cm³/mol. The third-order valence-electron chi connectivity index (χ3n) is 4.15. The van der Waals surface area contributed by atoms with Gasteiger partial charge in [0.05, 0.1) is 11.1 Å². The van der Waals surface area contributed by atoms with Crippen molar-refractivity contribution in [1.29, 1.82) is 0 Å². The number of rotatable bonds is 4. The van der Waals surface area contributed by atoms with Crippen molar-refractivity contribution in [3.8, 4) is 0 Å². The lowest BCUT2D eigenvalue weighted by Crippen LogP contribution is -2.37. The number of aliphatic hydroxyl groups excluding tert-OH is 1. The second-order valence-corrected chi connectivity index (χ2v) is 5.45. The molecule has 0 aromatic heterocycles. The lowest BCUT2D eigenvalue weighted by molar-refractivity contribution is 0.0639. The molecule has 20 heavy (non-hydrogen) atoms. The van der Waals surface area contributed by atoms with Gasteiger partial charge >= 0.3 is 0 Å². The van der Waals surface area contributed by atoms with Gasteiger partial charge in [-0.25, -0.2) is 0 Å². The molecule has 0 spiro atoms. The molecule has 0 bridgehead atoms. The van der Waals surface area contributed by atoms with Crippen LogP contribution in [0.25, 0.3) is 0 Å². The maximum atomic E-state index is 12.2. The van der Waals surface area contributed by atoms with Crippen LogP contribution in [0.15, 0.2) is 24.3 Å². The highest BCUT2D eigenvalue weighted by Crippen LogP contribution is 2.22. The average Bonchev–Trinajstić information content (AvgIpc) is 3.03. The molecular formula is C15H18N2O3. The minimum atomic E-state index is -0.191. The minimum Gasteiger partial charge on any atom is -0.396 e. The molecule has 106 valence electrons. The number of hydrogen-bond donors (Lipinski definition) is 1. The summed E-state index contributed by atoms with van der Waals surface area (Å²) in [6.45, 7) is 3.09. The Morgan fingerprint density at radius 2 is 1.75 bits per heavy atom. The van der Waals surface area contributed by atoms with Gasteiger partial charge in [-0.3, -0.25) is 14.5 Å². The van der Waals surface area contributed by atoms with Gasteiger partial charge in [-0.15, -0.1) is 0 Å². The van der Waals surface area contributed by atoms with Crippen molar-refractivity contribution >= 4 is 11.8 Å². The molecule has 1 aromatic carbocycles. The van der Waals surface area contributed by atoms with E-state index in [1.54, 1.807) is 24.3 Å². The molecular weight excluding hydrogens is 256 g/mol. The Hall–Kier alpha value is -1.72. The third-order valence-corrected chi connectivity index (χ3v) is 4.15. The number of fused-ring (bicyclic) bond motifs is 1. The van der Waals surface area contributed by atoms with Gasteiger partial charge in [0, 0.05) is 26.2 Å². The molecule has 0 saturated carbocycles. The Morgan fingerprint density at radius 3 is 2.30 bits per heavy atom. The predicted octanol–water partition coefficient (Wildman–Crippen LogP) is 0.597. The molecule has 1 saturated heterocycles. The zero-order valence-corrected chi connectivity index (χ0v) is 11.3. The van der Waals surface area contributed by atoms with Gasteiger partial charge in [-0.05, 0) is 31.0 Å². The van der Waals surface area contributed by atoms with Crippen LogP contribution in [-0.4, -0.2) is 59.5 Å². The maximum absolute atomic E-state index is 12.2. The molecule has 1 N–H and O–H groups in total. The van der Waals surface area contributed by atoms with Gasteiger partial charge < -0.3 is 10.0 Å². The van der Waals surface area contributed by atoms with E-state index < -0.39 is 0 Å². The number of benzene rings is 1. The molecule has 2 amide bonds. The first-order chi connectivity index (χ1) is 9.70. The standard InChI is InChI=1S/C15H18N2O3/c18-10-11-5-6-16(9-11)7-8-17-14(19)12-3-1-2-4-13(12)15(17)20/h1-4,11,18H,5-10H2. The zero-order chi connectivity index (χ0) is 14.1. The second kappa shape index (κ2) is 5.34. The van der Waals surface area contributed by atoms with E-state index in [1.807, 2.05) is 0 Å². The van der Waals surface area contributed by atoms with Crippen LogP contribution in [0.4, 0.5) is 0 Å². The molecule has 3 rings (SSSR count). The van der Waals surface area contributed by atoms with Gasteiger partial charge in [-0.1, -0.05) is 12.1 Å². The number of aliphatic hydroxyl groups is 1. The summed E-state index contributed by atoms with van der Waals surface area (Å²) < 4.78 is 0. The quantitative estimate of drug-likeness (QED) is 0.817. The molecule has 0 aliphatic carbocycles. The van der Waals surface area contributed by atoms with E-state index in [-0.39, 0.29) is 18.4 Å². The highest BCUT2D eigenvalue weighted by atomic mass is 16.3. The van der Waals surface area contributed by atoms with Crippen LogP contribution in [0.5, 0.6) is 0 Å². The summed E-state index contributed by atoms with van der Waals surface area (Å²) in [6.07, 6.45) is 0.985. The van der Waals surface area contributed by atoms with Crippen LogP contribution < -0.4 is 0 Å². The largest absolute Gasteiger partial charge is 0.396 e. The van der Waals surface area contributed by atoms with Crippen molar-refractivity contribution < 1.29 is 14.7 Å². The average molecular weight is 274 g/mol. The van der Waals surface area contributed by atoms with Gasteiger partial charge in [-0.2, -0.15) is 0 Å². The number of carbonyl (C=O) groups excluding carboxylic acids is 2.